The average molecular weight is 443 g/mol. The van der Waals surface area contributed by atoms with Crippen LogP contribution in [-0.4, -0.2) is 27.9 Å². The molecular weight excluding hydrogens is 400 g/mol. The summed E-state index contributed by atoms with van der Waals surface area (Å²) < 4.78 is 7.04. The lowest BCUT2D eigenvalue weighted by atomic mass is 9.52. The van der Waals surface area contributed by atoms with Crippen LogP contribution in [0.25, 0.3) is 0 Å². The number of carboxylic acid groups (broad SMARTS) is 1. The molecule has 0 aliphatic heterocycles. The topological polar surface area (TPSA) is 66.8 Å². The number of phenols is 1. The maximum absolute atomic E-state index is 11.6. The minimum absolute atomic E-state index is 0.0394. The fourth-order valence-electron chi connectivity index (χ4n) is 7.73. The SMILES string of the molecule is CCCCC(CC)OC1(CCC(=O)O)CC[C@H]2[C@@H]3CCc4cc(O)ccc4[C@H]3CC[C@@]21C. The monoisotopic (exact) mass is 442 g/mol. The van der Waals surface area contributed by atoms with Gasteiger partial charge < -0.3 is 14.9 Å². The lowest BCUT2D eigenvalue weighted by molar-refractivity contribution is -0.183. The summed E-state index contributed by atoms with van der Waals surface area (Å²) in [5, 5.41) is 19.5. The highest BCUT2D eigenvalue weighted by Crippen LogP contribution is 2.66. The van der Waals surface area contributed by atoms with E-state index in [2.05, 4.69) is 26.8 Å². The Kier molecular flexibility index (Phi) is 6.91. The molecule has 0 bridgehead atoms. The Bertz CT molecular complexity index is 820. The molecule has 0 radical (unpaired) electrons. The van der Waals surface area contributed by atoms with Gasteiger partial charge in [-0.2, -0.15) is 0 Å². The average Bonchev–Trinajstić information content (AvgIpc) is 3.07. The van der Waals surface area contributed by atoms with Crippen molar-refractivity contribution in [3.05, 3.63) is 29.3 Å². The zero-order chi connectivity index (χ0) is 22.9. The molecule has 2 unspecified atom stereocenters. The minimum Gasteiger partial charge on any atom is -0.508 e. The third kappa shape index (κ3) is 4.08. The molecule has 0 aromatic heterocycles. The Morgan fingerprint density at radius 1 is 1.22 bits per heavy atom. The minimum atomic E-state index is -0.707. The van der Waals surface area contributed by atoms with E-state index >= 15 is 0 Å². The third-order valence-electron chi connectivity index (χ3n) is 9.47. The Morgan fingerprint density at radius 3 is 2.75 bits per heavy atom. The number of aliphatic carboxylic acids is 1. The van der Waals surface area contributed by atoms with Crippen molar-refractivity contribution in [2.45, 2.75) is 115 Å². The van der Waals surface area contributed by atoms with Crippen LogP contribution in [0.5, 0.6) is 5.75 Å². The predicted octanol–water partition coefficient (Wildman–Crippen LogP) is 6.84. The summed E-state index contributed by atoms with van der Waals surface area (Å²) in [6.07, 6.45) is 12.1. The molecule has 2 fully saturated rings. The van der Waals surface area contributed by atoms with Crippen molar-refractivity contribution in [1.29, 1.82) is 0 Å². The van der Waals surface area contributed by atoms with Gasteiger partial charge in [0, 0.05) is 6.42 Å². The molecule has 0 saturated heterocycles. The number of phenolic OH excluding ortho intramolecular Hbond substituents is 1. The summed E-state index contributed by atoms with van der Waals surface area (Å²) >= 11 is 0. The quantitative estimate of drug-likeness (QED) is 0.439. The van der Waals surface area contributed by atoms with E-state index in [0.717, 1.165) is 44.9 Å². The van der Waals surface area contributed by atoms with Crippen LogP contribution in [0.3, 0.4) is 0 Å². The smallest absolute Gasteiger partial charge is 0.303 e. The fourth-order valence-corrected chi connectivity index (χ4v) is 7.73. The molecule has 0 spiro atoms. The van der Waals surface area contributed by atoms with Crippen LogP contribution < -0.4 is 0 Å². The Hall–Kier alpha value is -1.55. The van der Waals surface area contributed by atoms with Gasteiger partial charge in [-0.25, -0.2) is 0 Å². The molecular formula is C28H42O4. The van der Waals surface area contributed by atoms with Gasteiger partial charge in [-0.05, 0) is 104 Å². The van der Waals surface area contributed by atoms with Crippen molar-refractivity contribution in [2.75, 3.05) is 0 Å². The van der Waals surface area contributed by atoms with Gasteiger partial charge in [-0.15, -0.1) is 0 Å². The molecule has 0 amide bonds. The molecule has 1 aromatic carbocycles. The van der Waals surface area contributed by atoms with Gasteiger partial charge in [0.2, 0.25) is 0 Å². The summed E-state index contributed by atoms with van der Waals surface area (Å²) in [4.78, 5) is 11.6. The van der Waals surface area contributed by atoms with Gasteiger partial charge in [-0.3, -0.25) is 4.79 Å². The first-order chi connectivity index (χ1) is 15.3. The van der Waals surface area contributed by atoms with Gasteiger partial charge in [0.1, 0.15) is 5.75 Å². The number of carboxylic acids is 1. The van der Waals surface area contributed by atoms with Crippen LogP contribution >= 0.6 is 0 Å². The first kappa shape index (κ1) is 23.6. The number of benzene rings is 1. The lowest BCUT2D eigenvalue weighted by Crippen LogP contribution is -2.53. The Morgan fingerprint density at radius 2 is 2.03 bits per heavy atom. The normalized spacial score (nSPS) is 34.4. The number of rotatable bonds is 9. The van der Waals surface area contributed by atoms with Crippen LogP contribution in [0.2, 0.25) is 0 Å². The standard InChI is InChI=1S/C28H42O4/c1-4-6-7-21(5-2)32-28(17-14-26(30)31)16-13-25-24-10-8-19-18-20(29)9-11-22(19)23(24)12-15-27(25,28)3/h9,11,18,21,23-25,29H,4-8,10,12-17H2,1-3H3,(H,30,31)/t21?,23-,24-,25+,27+,28?/m1/s1. The van der Waals surface area contributed by atoms with Crippen LogP contribution in [0, 0.1) is 17.3 Å². The molecule has 178 valence electrons. The van der Waals surface area contributed by atoms with Crippen LogP contribution in [0.15, 0.2) is 18.2 Å². The van der Waals surface area contributed by atoms with Crippen molar-refractivity contribution < 1.29 is 19.7 Å². The fraction of sp³-hybridized carbons (Fsp3) is 0.750. The van der Waals surface area contributed by atoms with Crippen LogP contribution in [0.1, 0.15) is 108 Å². The zero-order valence-corrected chi connectivity index (χ0v) is 20.2. The lowest BCUT2D eigenvalue weighted by Gasteiger charge is -2.55. The highest BCUT2D eigenvalue weighted by atomic mass is 16.5. The first-order valence-corrected chi connectivity index (χ1v) is 13.0. The van der Waals surface area contributed by atoms with Crippen molar-refractivity contribution >= 4 is 5.97 Å². The number of unbranched alkanes of at least 4 members (excludes halogenated alkanes) is 1. The van der Waals surface area contributed by atoms with Crippen molar-refractivity contribution in [3.63, 3.8) is 0 Å². The van der Waals surface area contributed by atoms with E-state index in [1.165, 1.54) is 30.4 Å². The molecule has 2 N–H and O–H groups in total. The summed E-state index contributed by atoms with van der Waals surface area (Å²) in [7, 11) is 0. The van der Waals surface area contributed by atoms with E-state index in [9.17, 15) is 15.0 Å². The molecule has 4 heteroatoms. The molecule has 3 aliphatic rings. The first-order valence-electron chi connectivity index (χ1n) is 13.0. The second-order valence-electron chi connectivity index (χ2n) is 11.0. The summed E-state index contributed by atoms with van der Waals surface area (Å²) in [5.41, 5.74) is 2.49. The molecule has 2 saturated carbocycles. The summed E-state index contributed by atoms with van der Waals surface area (Å²) in [5.74, 6) is 1.46. The second kappa shape index (κ2) is 9.37. The van der Waals surface area contributed by atoms with E-state index in [1.807, 2.05) is 12.1 Å². The van der Waals surface area contributed by atoms with Gasteiger partial charge in [-0.1, -0.05) is 39.7 Å². The van der Waals surface area contributed by atoms with E-state index in [1.54, 1.807) is 0 Å². The summed E-state index contributed by atoms with van der Waals surface area (Å²) in [6.45, 7) is 6.87. The van der Waals surface area contributed by atoms with Gasteiger partial charge in [0.25, 0.3) is 0 Å². The number of aryl methyl sites for hydroxylation is 1. The number of ether oxygens (including phenoxy) is 1. The molecule has 4 rings (SSSR count). The molecule has 0 heterocycles. The van der Waals surface area contributed by atoms with E-state index in [-0.39, 0.29) is 23.5 Å². The summed E-state index contributed by atoms with van der Waals surface area (Å²) in [6, 6.07) is 5.97. The van der Waals surface area contributed by atoms with Crippen molar-refractivity contribution in [1.82, 2.24) is 0 Å². The molecule has 32 heavy (non-hydrogen) atoms. The van der Waals surface area contributed by atoms with Gasteiger partial charge in [0.05, 0.1) is 11.7 Å². The van der Waals surface area contributed by atoms with E-state index < -0.39 is 5.97 Å². The Balaban J connectivity index is 1.62. The number of hydrogen-bond acceptors (Lipinski definition) is 3. The zero-order valence-electron chi connectivity index (χ0n) is 20.2. The second-order valence-corrected chi connectivity index (χ2v) is 11.0. The van der Waals surface area contributed by atoms with Gasteiger partial charge >= 0.3 is 5.97 Å². The maximum Gasteiger partial charge on any atom is 0.303 e. The van der Waals surface area contributed by atoms with Crippen molar-refractivity contribution in [2.24, 2.45) is 17.3 Å². The molecule has 1 aromatic rings. The third-order valence-corrected chi connectivity index (χ3v) is 9.47. The van der Waals surface area contributed by atoms with Crippen LogP contribution in [0.4, 0.5) is 0 Å². The highest BCUT2D eigenvalue weighted by molar-refractivity contribution is 5.66. The highest BCUT2D eigenvalue weighted by Gasteiger charge is 2.62. The van der Waals surface area contributed by atoms with E-state index in [0.29, 0.717) is 29.9 Å². The number of hydrogen-bond donors (Lipinski definition) is 2. The van der Waals surface area contributed by atoms with Crippen molar-refractivity contribution in [3.8, 4) is 5.75 Å². The number of fused-ring (bicyclic) bond motifs is 5. The maximum atomic E-state index is 11.6. The molecule has 3 aliphatic carbocycles. The molecule has 4 nitrogen and oxygen atoms in total. The van der Waals surface area contributed by atoms with Crippen LogP contribution in [-0.2, 0) is 16.0 Å². The largest absolute Gasteiger partial charge is 0.508 e. The van der Waals surface area contributed by atoms with E-state index in [4.69, 9.17) is 4.74 Å². The number of aromatic hydroxyl groups is 1. The number of carbonyl (C=O) groups is 1. The predicted molar refractivity (Wildman–Crippen MR) is 127 cm³/mol. The molecule has 6 atom stereocenters. The Labute approximate surface area is 193 Å². The van der Waals surface area contributed by atoms with Gasteiger partial charge in [0.15, 0.2) is 0 Å².